The van der Waals surface area contributed by atoms with Crippen LogP contribution in [0, 0.1) is 0 Å². The van der Waals surface area contributed by atoms with Crippen LogP contribution in [0.5, 0.6) is 0 Å². The van der Waals surface area contributed by atoms with E-state index in [1.54, 1.807) is 30.3 Å². The van der Waals surface area contributed by atoms with Gasteiger partial charge in [0.2, 0.25) is 0 Å². The molecule has 17 heavy (non-hydrogen) atoms. The van der Waals surface area contributed by atoms with Gasteiger partial charge in [-0.15, -0.1) is 0 Å². The summed E-state index contributed by atoms with van der Waals surface area (Å²) >= 11 is 0. The van der Waals surface area contributed by atoms with Crippen molar-refractivity contribution in [2.45, 2.75) is 6.18 Å². The maximum atomic E-state index is 12.8. The van der Waals surface area contributed by atoms with Crippen LogP contribution in [0.3, 0.4) is 0 Å². The van der Waals surface area contributed by atoms with E-state index >= 15 is 0 Å². The normalized spacial score (nSPS) is 15.7. The number of allylic oxidation sites excluding steroid dienone is 4. The Balaban J connectivity index is 2.56. The molecule has 0 saturated heterocycles. The van der Waals surface area contributed by atoms with Crippen molar-refractivity contribution in [1.29, 1.82) is 0 Å². The lowest BCUT2D eigenvalue weighted by Gasteiger charge is -2.14. The molecule has 2 rings (SSSR count). The fourth-order valence-electron chi connectivity index (χ4n) is 1.50. The molecule has 1 aromatic rings. The Labute approximate surface area is 96.1 Å². The second-order valence-electron chi connectivity index (χ2n) is 3.40. The minimum atomic E-state index is -4.46. The summed E-state index contributed by atoms with van der Waals surface area (Å²) in [6.07, 6.45) is -0.325. The standard InChI is InChI=1S/C12H9F3N2/c13-12(14,15)11-10(7-4-8-16-17-11)9-5-2-1-3-6-9/h1-8,17H. The lowest BCUT2D eigenvalue weighted by atomic mass is 10.0. The maximum absolute atomic E-state index is 12.8. The Hall–Kier alpha value is -2.04. The molecule has 0 spiro atoms. The van der Waals surface area contributed by atoms with E-state index in [0.29, 0.717) is 5.56 Å². The van der Waals surface area contributed by atoms with Gasteiger partial charge in [0.1, 0.15) is 5.70 Å². The van der Waals surface area contributed by atoms with Crippen molar-refractivity contribution in [3.63, 3.8) is 0 Å². The summed E-state index contributed by atoms with van der Waals surface area (Å²) < 4.78 is 38.5. The van der Waals surface area contributed by atoms with E-state index in [1.165, 1.54) is 18.4 Å². The van der Waals surface area contributed by atoms with Crippen molar-refractivity contribution in [3.8, 4) is 0 Å². The average molecular weight is 238 g/mol. The number of nitrogens with one attached hydrogen (secondary N) is 1. The first-order valence-electron chi connectivity index (χ1n) is 4.91. The highest BCUT2D eigenvalue weighted by Gasteiger charge is 2.36. The Bertz CT molecular complexity index is 484. The van der Waals surface area contributed by atoms with Crippen LogP contribution in [-0.2, 0) is 0 Å². The van der Waals surface area contributed by atoms with E-state index in [0.717, 1.165) is 0 Å². The Morgan fingerprint density at radius 3 is 2.41 bits per heavy atom. The van der Waals surface area contributed by atoms with E-state index in [1.807, 2.05) is 5.43 Å². The number of hydrazone groups is 1. The van der Waals surface area contributed by atoms with Gasteiger partial charge in [0, 0.05) is 11.8 Å². The predicted molar refractivity (Wildman–Crippen MR) is 60.2 cm³/mol. The first-order chi connectivity index (χ1) is 8.09. The lowest BCUT2D eigenvalue weighted by Crippen LogP contribution is -2.23. The molecule has 1 aromatic carbocycles. The number of benzene rings is 1. The Kier molecular flexibility index (Phi) is 2.99. The molecule has 2 nitrogen and oxygen atoms in total. The molecule has 88 valence electrons. The van der Waals surface area contributed by atoms with Crippen LogP contribution in [-0.4, -0.2) is 12.4 Å². The van der Waals surface area contributed by atoms with Gasteiger partial charge in [-0.3, -0.25) is 5.43 Å². The number of alkyl halides is 3. The van der Waals surface area contributed by atoms with Gasteiger partial charge in [0.05, 0.1) is 0 Å². The molecular formula is C12H9F3N2. The van der Waals surface area contributed by atoms with Gasteiger partial charge < -0.3 is 0 Å². The van der Waals surface area contributed by atoms with E-state index in [9.17, 15) is 13.2 Å². The summed E-state index contributed by atoms with van der Waals surface area (Å²) in [7, 11) is 0. The highest BCUT2D eigenvalue weighted by atomic mass is 19.4. The highest BCUT2D eigenvalue weighted by molar-refractivity contribution is 5.84. The first kappa shape index (κ1) is 11.4. The van der Waals surface area contributed by atoms with Gasteiger partial charge in [-0.1, -0.05) is 36.4 Å². The van der Waals surface area contributed by atoms with Crippen molar-refractivity contribution in [2.24, 2.45) is 5.10 Å². The second-order valence-corrected chi connectivity index (χ2v) is 3.40. The molecule has 1 N–H and O–H groups in total. The summed E-state index contributed by atoms with van der Waals surface area (Å²) in [6, 6.07) is 8.38. The molecule has 0 atom stereocenters. The molecule has 0 unspecified atom stereocenters. The monoisotopic (exact) mass is 238 g/mol. The zero-order chi connectivity index (χ0) is 12.3. The highest BCUT2D eigenvalue weighted by Crippen LogP contribution is 2.31. The molecule has 0 aromatic heterocycles. The molecule has 1 heterocycles. The quantitative estimate of drug-likeness (QED) is 0.798. The SMILES string of the molecule is FC(F)(F)C1=C(c2ccccc2)C=CC=NN1. The minimum Gasteiger partial charge on any atom is -0.273 e. The summed E-state index contributed by atoms with van der Waals surface area (Å²) in [4.78, 5) is 0. The molecule has 0 saturated carbocycles. The maximum Gasteiger partial charge on any atom is 0.433 e. The Morgan fingerprint density at radius 1 is 1.06 bits per heavy atom. The topological polar surface area (TPSA) is 24.4 Å². The van der Waals surface area contributed by atoms with Gasteiger partial charge >= 0.3 is 6.18 Å². The second kappa shape index (κ2) is 4.45. The molecule has 0 amide bonds. The van der Waals surface area contributed by atoms with E-state index < -0.39 is 11.9 Å². The molecule has 0 aliphatic carbocycles. The van der Waals surface area contributed by atoms with Gasteiger partial charge in [-0.25, -0.2) is 0 Å². The molecule has 1 aliphatic rings. The number of nitrogens with zero attached hydrogens (tertiary/aromatic N) is 1. The molecular weight excluding hydrogens is 229 g/mol. The lowest BCUT2D eigenvalue weighted by molar-refractivity contribution is -0.0958. The van der Waals surface area contributed by atoms with Crippen LogP contribution >= 0.6 is 0 Å². The van der Waals surface area contributed by atoms with Crippen LogP contribution in [0.2, 0.25) is 0 Å². The third-order valence-electron chi connectivity index (χ3n) is 2.24. The average Bonchev–Trinajstić information content (AvgIpc) is 2.54. The number of hydrogen-bond donors (Lipinski definition) is 1. The third kappa shape index (κ3) is 2.55. The smallest absolute Gasteiger partial charge is 0.273 e. The van der Waals surface area contributed by atoms with Crippen LogP contribution in [0.1, 0.15) is 5.56 Å². The zero-order valence-electron chi connectivity index (χ0n) is 8.70. The van der Waals surface area contributed by atoms with E-state index in [-0.39, 0.29) is 5.57 Å². The molecule has 0 radical (unpaired) electrons. The number of halogens is 3. The Morgan fingerprint density at radius 2 is 1.76 bits per heavy atom. The van der Waals surface area contributed by atoms with E-state index in [2.05, 4.69) is 5.10 Å². The predicted octanol–water partition coefficient (Wildman–Crippen LogP) is 3.11. The van der Waals surface area contributed by atoms with E-state index in [4.69, 9.17) is 0 Å². The summed E-state index contributed by atoms with van der Waals surface area (Å²) in [6.45, 7) is 0. The molecule has 5 heteroatoms. The van der Waals surface area contributed by atoms with Crippen LogP contribution < -0.4 is 5.43 Å². The largest absolute Gasteiger partial charge is 0.433 e. The van der Waals surface area contributed by atoms with Gasteiger partial charge in [-0.2, -0.15) is 18.3 Å². The van der Waals surface area contributed by atoms with Crippen molar-refractivity contribution in [1.82, 2.24) is 5.43 Å². The van der Waals surface area contributed by atoms with Crippen LogP contribution in [0.4, 0.5) is 13.2 Å². The zero-order valence-corrected chi connectivity index (χ0v) is 8.70. The van der Waals surface area contributed by atoms with Gasteiger partial charge in [0.15, 0.2) is 0 Å². The minimum absolute atomic E-state index is 0.0793. The molecule has 0 fully saturated rings. The van der Waals surface area contributed by atoms with Gasteiger partial charge in [0.25, 0.3) is 0 Å². The number of hydrogen-bond acceptors (Lipinski definition) is 2. The van der Waals surface area contributed by atoms with Crippen molar-refractivity contribution < 1.29 is 13.2 Å². The van der Waals surface area contributed by atoms with Crippen molar-refractivity contribution >= 4 is 11.8 Å². The van der Waals surface area contributed by atoms with Crippen LogP contribution in [0.25, 0.3) is 5.57 Å². The fourth-order valence-corrected chi connectivity index (χ4v) is 1.50. The van der Waals surface area contributed by atoms with Gasteiger partial charge in [-0.05, 0) is 11.6 Å². The third-order valence-corrected chi connectivity index (χ3v) is 2.24. The summed E-state index contributed by atoms with van der Waals surface area (Å²) in [5.41, 5.74) is 1.75. The summed E-state index contributed by atoms with van der Waals surface area (Å²) in [5.74, 6) is 0. The fraction of sp³-hybridized carbons (Fsp3) is 0.0833. The van der Waals surface area contributed by atoms with Crippen LogP contribution in [0.15, 0.2) is 53.3 Å². The van der Waals surface area contributed by atoms with Crippen molar-refractivity contribution in [3.05, 3.63) is 53.7 Å². The molecule has 1 aliphatic heterocycles. The number of rotatable bonds is 1. The first-order valence-corrected chi connectivity index (χ1v) is 4.91. The van der Waals surface area contributed by atoms with Crippen molar-refractivity contribution in [2.75, 3.05) is 0 Å². The summed E-state index contributed by atoms with van der Waals surface area (Å²) in [5, 5.41) is 3.45. The molecule has 0 bridgehead atoms.